The Labute approximate surface area is 136 Å². The number of likely N-dealkylation sites (tertiary alicyclic amines) is 1. The van der Waals surface area contributed by atoms with Crippen LogP contribution in [0.2, 0.25) is 0 Å². The van der Waals surface area contributed by atoms with Gasteiger partial charge in [0.15, 0.2) is 5.96 Å². The molecule has 0 aromatic heterocycles. The molecule has 0 amide bonds. The molecule has 0 radical (unpaired) electrons. The van der Waals surface area contributed by atoms with E-state index in [0.717, 1.165) is 38.1 Å². The lowest BCUT2D eigenvalue weighted by Crippen LogP contribution is -2.45. The van der Waals surface area contributed by atoms with Crippen molar-refractivity contribution in [3.8, 4) is 0 Å². The first-order chi connectivity index (χ1) is 10.7. The highest BCUT2D eigenvalue weighted by molar-refractivity contribution is 5.79. The van der Waals surface area contributed by atoms with Gasteiger partial charge in [0.2, 0.25) is 0 Å². The molecule has 2 atom stereocenters. The summed E-state index contributed by atoms with van der Waals surface area (Å²) in [4.78, 5) is 9.75. The topological polar surface area (TPSA) is 42.9 Å². The van der Waals surface area contributed by atoms with Gasteiger partial charge >= 0.3 is 0 Å². The van der Waals surface area contributed by atoms with Crippen molar-refractivity contribution in [3.63, 3.8) is 0 Å². The quantitative estimate of drug-likeness (QED) is 0.525. The number of aliphatic imine (C=N–C) groups is 1. The van der Waals surface area contributed by atoms with Crippen molar-refractivity contribution < 1.29 is 0 Å². The Balaban J connectivity index is 1.84. The molecular formula is C17H35N5. The van der Waals surface area contributed by atoms with Crippen LogP contribution in [0.5, 0.6) is 0 Å². The van der Waals surface area contributed by atoms with Crippen LogP contribution in [-0.2, 0) is 0 Å². The summed E-state index contributed by atoms with van der Waals surface area (Å²) >= 11 is 0. The molecule has 0 aromatic carbocycles. The lowest BCUT2D eigenvalue weighted by Gasteiger charge is -2.25. The number of rotatable bonds is 8. The minimum absolute atomic E-state index is 0.592. The largest absolute Gasteiger partial charge is 0.357 e. The molecule has 5 heteroatoms. The molecular weight excluding hydrogens is 274 g/mol. The van der Waals surface area contributed by atoms with Crippen molar-refractivity contribution in [2.75, 3.05) is 46.8 Å². The van der Waals surface area contributed by atoms with E-state index in [0.29, 0.717) is 12.1 Å². The van der Waals surface area contributed by atoms with Crippen molar-refractivity contribution in [1.82, 2.24) is 20.4 Å². The highest BCUT2D eigenvalue weighted by Crippen LogP contribution is 2.34. The van der Waals surface area contributed by atoms with Crippen molar-refractivity contribution >= 4 is 5.96 Å². The normalized spacial score (nSPS) is 24.8. The molecule has 2 unspecified atom stereocenters. The van der Waals surface area contributed by atoms with Gasteiger partial charge in [-0.05, 0) is 65.7 Å². The maximum atomic E-state index is 4.84. The van der Waals surface area contributed by atoms with Gasteiger partial charge in [0.25, 0.3) is 0 Å². The van der Waals surface area contributed by atoms with E-state index in [1.807, 2.05) is 0 Å². The fourth-order valence-corrected chi connectivity index (χ4v) is 3.50. The standard InChI is InChI=1S/C17H35N5/c1-5-18-17(19-12-15-8-7-11-22(15)6-2)20-13-16(21(3)4)14-9-10-14/h14-16H,5-13H2,1-4H3,(H2,18,19,20). The molecule has 128 valence electrons. The molecule has 2 aliphatic rings. The molecule has 1 aliphatic heterocycles. The van der Waals surface area contributed by atoms with E-state index in [1.54, 1.807) is 0 Å². The van der Waals surface area contributed by atoms with Crippen LogP contribution in [0.3, 0.4) is 0 Å². The summed E-state index contributed by atoms with van der Waals surface area (Å²) in [6, 6.07) is 1.26. The van der Waals surface area contributed by atoms with E-state index in [-0.39, 0.29) is 0 Å². The van der Waals surface area contributed by atoms with Gasteiger partial charge in [-0.25, -0.2) is 0 Å². The molecule has 1 saturated carbocycles. The maximum Gasteiger partial charge on any atom is 0.191 e. The van der Waals surface area contributed by atoms with Gasteiger partial charge in [0.05, 0.1) is 6.54 Å². The highest BCUT2D eigenvalue weighted by atomic mass is 15.2. The van der Waals surface area contributed by atoms with Gasteiger partial charge in [-0.2, -0.15) is 0 Å². The van der Waals surface area contributed by atoms with Crippen molar-refractivity contribution in [2.24, 2.45) is 10.9 Å². The van der Waals surface area contributed by atoms with Crippen molar-refractivity contribution in [1.29, 1.82) is 0 Å². The number of nitrogens with zero attached hydrogens (tertiary/aromatic N) is 3. The molecule has 0 aromatic rings. The zero-order valence-electron chi connectivity index (χ0n) is 14.9. The molecule has 2 fully saturated rings. The Kier molecular flexibility index (Phi) is 6.96. The molecule has 0 bridgehead atoms. The van der Waals surface area contributed by atoms with Crippen LogP contribution in [0.4, 0.5) is 0 Å². The maximum absolute atomic E-state index is 4.84. The average molecular weight is 310 g/mol. The van der Waals surface area contributed by atoms with E-state index in [1.165, 1.54) is 32.2 Å². The zero-order chi connectivity index (χ0) is 15.9. The predicted molar refractivity (Wildman–Crippen MR) is 94.4 cm³/mol. The van der Waals surface area contributed by atoms with Crippen molar-refractivity contribution in [3.05, 3.63) is 0 Å². The summed E-state index contributed by atoms with van der Waals surface area (Å²) in [5, 5.41) is 6.95. The first-order valence-corrected chi connectivity index (χ1v) is 9.08. The molecule has 0 spiro atoms. The number of nitrogens with one attached hydrogen (secondary N) is 2. The second-order valence-electron chi connectivity index (χ2n) is 6.89. The summed E-state index contributed by atoms with van der Waals surface area (Å²) < 4.78 is 0. The Morgan fingerprint density at radius 2 is 2.00 bits per heavy atom. The summed E-state index contributed by atoms with van der Waals surface area (Å²) in [7, 11) is 4.35. The van der Waals surface area contributed by atoms with E-state index in [4.69, 9.17) is 4.99 Å². The number of hydrogen-bond acceptors (Lipinski definition) is 3. The molecule has 2 rings (SSSR count). The number of guanidine groups is 1. The van der Waals surface area contributed by atoms with Crippen LogP contribution >= 0.6 is 0 Å². The van der Waals surface area contributed by atoms with Crippen LogP contribution in [0, 0.1) is 5.92 Å². The van der Waals surface area contributed by atoms with E-state index >= 15 is 0 Å². The SMILES string of the molecule is CCNC(=NCC(C1CC1)N(C)C)NCC1CCCN1CC. The monoisotopic (exact) mass is 309 g/mol. The molecule has 22 heavy (non-hydrogen) atoms. The van der Waals surface area contributed by atoms with Crippen molar-refractivity contribution in [2.45, 2.75) is 51.6 Å². The van der Waals surface area contributed by atoms with Crippen LogP contribution in [0.1, 0.15) is 39.5 Å². The highest BCUT2D eigenvalue weighted by Gasteiger charge is 2.32. The van der Waals surface area contributed by atoms with Crippen LogP contribution in [-0.4, -0.2) is 74.7 Å². The van der Waals surface area contributed by atoms with E-state index < -0.39 is 0 Å². The van der Waals surface area contributed by atoms with E-state index in [2.05, 4.69) is 48.4 Å². The molecule has 1 heterocycles. The van der Waals surface area contributed by atoms with E-state index in [9.17, 15) is 0 Å². The third-order valence-electron chi connectivity index (χ3n) is 5.02. The summed E-state index contributed by atoms with van der Waals surface area (Å²) in [6.07, 6.45) is 5.38. The minimum Gasteiger partial charge on any atom is -0.357 e. The molecule has 1 aliphatic carbocycles. The molecule has 2 N–H and O–H groups in total. The molecule has 1 saturated heterocycles. The number of likely N-dealkylation sites (N-methyl/N-ethyl adjacent to an activating group) is 2. The second kappa shape index (κ2) is 8.73. The van der Waals surface area contributed by atoms with Gasteiger partial charge in [0, 0.05) is 25.2 Å². The van der Waals surface area contributed by atoms with Gasteiger partial charge in [0.1, 0.15) is 0 Å². The van der Waals surface area contributed by atoms with Crippen LogP contribution in [0.25, 0.3) is 0 Å². The van der Waals surface area contributed by atoms with Gasteiger partial charge in [-0.3, -0.25) is 9.89 Å². The molecule has 5 nitrogen and oxygen atoms in total. The summed E-state index contributed by atoms with van der Waals surface area (Å²) in [6.45, 7) is 9.63. The predicted octanol–water partition coefficient (Wildman–Crippen LogP) is 1.37. The zero-order valence-corrected chi connectivity index (χ0v) is 14.9. The Morgan fingerprint density at radius 3 is 2.59 bits per heavy atom. The third kappa shape index (κ3) is 5.13. The fraction of sp³-hybridized carbons (Fsp3) is 0.941. The lowest BCUT2D eigenvalue weighted by atomic mass is 10.2. The third-order valence-corrected chi connectivity index (χ3v) is 5.02. The lowest BCUT2D eigenvalue weighted by molar-refractivity contribution is 0.265. The minimum atomic E-state index is 0.592. The van der Waals surface area contributed by atoms with Gasteiger partial charge < -0.3 is 15.5 Å². The van der Waals surface area contributed by atoms with Crippen LogP contribution < -0.4 is 10.6 Å². The Bertz CT molecular complexity index is 349. The Morgan fingerprint density at radius 1 is 1.23 bits per heavy atom. The summed E-state index contributed by atoms with van der Waals surface area (Å²) in [5.41, 5.74) is 0. The van der Waals surface area contributed by atoms with Gasteiger partial charge in [-0.1, -0.05) is 6.92 Å². The van der Waals surface area contributed by atoms with Crippen LogP contribution in [0.15, 0.2) is 4.99 Å². The Hall–Kier alpha value is -0.810. The summed E-state index contributed by atoms with van der Waals surface area (Å²) in [5.74, 6) is 1.84. The first-order valence-electron chi connectivity index (χ1n) is 9.08. The second-order valence-corrected chi connectivity index (χ2v) is 6.89. The smallest absolute Gasteiger partial charge is 0.191 e. The number of hydrogen-bond donors (Lipinski definition) is 2. The fourth-order valence-electron chi connectivity index (χ4n) is 3.50. The van der Waals surface area contributed by atoms with Gasteiger partial charge in [-0.15, -0.1) is 0 Å². The average Bonchev–Trinajstić information content (AvgIpc) is 3.22. The first kappa shape index (κ1) is 17.5.